The van der Waals surface area contributed by atoms with Crippen molar-refractivity contribution in [3.63, 3.8) is 0 Å². The van der Waals surface area contributed by atoms with E-state index >= 15 is 0 Å². The van der Waals surface area contributed by atoms with Crippen LogP contribution in [0, 0.1) is 18.6 Å². The first-order chi connectivity index (χ1) is 8.11. The molecule has 1 aromatic carbocycles. The Morgan fingerprint density at radius 2 is 2.06 bits per heavy atom. The predicted molar refractivity (Wildman–Crippen MR) is 62.3 cm³/mol. The van der Waals surface area contributed by atoms with Gasteiger partial charge in [-0.1, -0.05) is 0 Å². The number of halogens is 2. The maximum absolute atomic E-state index is 13.6. The topological polar surface area (TPSA) is 29.9 Å². The van der Waals surface area contributed by atoms with Gasteiger partial charge in [0.1, 0.15) is 11.6 Å². The monoisotopic (exact) mass is 237 g/mol. The molecule has 0 aliphatic rings. The molecule has 0 fully saturated rings. The second kappa shape index (κ2) is 4.53. The number of benzene rings is 1. The van der Waals surface area contributed by atoms with Gasteiger partial charge >= 0.3 is 0 Å². The molecule has 3 nitrogen and oxygen atoms in total. The van der Waals surface area contributed by atoms with Crippen LogP contribution in [0.2, 0.25) is 0 Å². The van der Waals surface area contributed by atoms with E-state index in [4.69, 9.17) is 0 Å². The fourth-order valence-corrected chi connectivity index (χ4v) is 1.55. The summed E-state index contributed by atoms with van der Waals surface area (Å²) in [4.78, 5) is 4.04. The van der Waals surface area contributed by atoms with Crippen LogP contribution in [-0.2, 0) is 6.54 Å². The van der Waals surface area contributed by atoms with Gasteiger partial charge in [0.05, 0.1) is 5.69 Å². The van der Waals surface area contributed by atoms with Gasteiger partial charge in [0.2, 0.25) is 5.95 Å². The number of rotatable bonds is 3. The number of aryl methyl sites for hydroxylation is 2. The third-order valence-electron chi connectivity index (χ3n) is 2.55. The lowest BCUT2D eigenvalue weighted by molar-refractivity contribution is 0.595. The van der Waals surface area contributed by atoms with Crippen molar-refractivity contribution in [1.29, 1.82) is 0 Å². The quantitative estimate of drug-likeness (QED) is 0.888. The molecule has 0 radical (unpaired) electrons. The van der Waals surface area contributed by atoms with E-state index < -0.39 is 11.6 Å². The van der Waals surface area contributed by atoms with Crippen molar-refractivity contribution in [1.82, 2.24) is 9.55 Å². The van der Waals surface area contributed by atoms with Gasteiger partial charge in [-0.25, -0.2) is 13.8 Å². The highest BCUT2D eigenvalue weighted by Gasteiger charge is 2.09. The van der Waals surface area contributed by atoms with Crippen LogP contribution in [0.15, 0.2) is 24.5 Å². The van der Waals surface area contributed by atoms with Crippen LogP contribution in [-0.4, -0.2) is 9.55 Å². The average molecular weight is 237 g/mol. The maximum atomic E-state index is 13.6. The third-order valence-corrected chi connectivity index (χ3v) is 2.55. The predicted octanol–water partition coefficient (Wildman–Crippen LogP) is 3.23. The molecule has 0 amide bonds. The Balaban J connectivity index is 2.33. The Bertz CT molecular complexity index is 535. The van der Waals surface area contributed by atoms with E-state index in [1.807, 2.05) is 6.92 Å². The average Bonchev–Trinajstić information content (AvgIpc) is 2.73. The van der Waals surface area contributed by atoms with Crippen LogP contribution in [0.5, 0.6) is 0 Å². The smallest absolute Gasteiger partial charge is 0.207 e. The molecule has 0 spiro atoms. The highest BCUT2D eigenvalue weighted by atomic mass is 19.1. The van der Waals surface area contributed by atoms with Gasteiger partial charge in [-0.3, -0.25) is 0 Å². The SMILES string of the molecule is CCn1ccnc1Nc1cc(F)c(C)cc1F. The summed E-state index contributed by atoms with van der Waals surface area (Å²) in [6.07, 6.45) is 3.37. The summed E-state index contributed by atoms with van der Waals surface area (Å²) < 4.78 is 28.7. The molecule has 17 heavy (non-hydrogen) atoms. The van der Waals surface area contributed by atoms with Crippen molar-refractivity contribution in [3.8, 4) is 0 Å². The second-order valence-corrected chi connectivity index (χ2v) is 3.74. The lowest BCUT2D eigenvalue weighted by atomic mass is 10.2. The van der Waals surface area contributed by atoms with Crippen molar-refractivity contribution in [2.24, 2.45) is 0 Å². The molecular formula is C12H13F2N3. The Hall–Kier alpha value is -1.91. The van der Waals surface area contributed by atoms with Gasteiger partial charge in [-0.15, -0.1) is 0 Å². The molecule has 0 saturated heterocycles. The molecule has 0 aliphatic carbocycles. The van der Waals surface area contributed by atoms with Crippen molar-refractivity contribution in [2.45, 2.75) is 20.4 Å². The number of imidazole rings is 1. The summed E-state index contributed by atoms with van der Waals surface area (Å²) >= 11 is 0. The first-order valence-corrected chi connectivity index (χ1v) is 5.35. The van der Waals surface area contributed by atoms with Gasteiger partial charge in [0, 0.05) is 25.0 Å². The van der Waals surface area contributed by atoms with Crippen molar-refractivity contribution >= 4 is 11.6 Å². The minimum absolute atomic E-state index is 0.0917. The Morgan fingerprint density at radius 3 is 2.76 bits per heavy atom. The summed E-state index contributed by atoms with van der Waals surface area (Å²) in [5.41, 5.74) is 0.376. The van der Waals surface area contributed by atoms with E-state index in [-0.39, 0.29) is 11.3 Å². The normalized spacial score (nSPS) is 10.6. The molecule has 1 heterocycles. The van der Waals surface area contributed by atoms with E-state index in [1.54, 1.807) is 17.0 Å². The minimum atomic E-state index is -0.491. The van der Waals surface area contributed by atoms with Crippen LogP contribution in [0.3, 0.4) is 0 Å². The lowest BCUT2D eigenvalue weighted by Crippen LogP contribution is -2.03. The van der Waals surface area contributed by atoms with E-state index in [2.05, 4.69) is 10.3 Å². The Labute approximate surface area is 98.1 Å². The summed E-state index contributed by atoms with van der Waals surface area (Å²) in [6, 6.07) is 2.30. The fraction of sp³-hybridized carbons (Fsp3) is 0.250. The number of hydrogen-bond acceptors (Lipinski definition) is 2. The van der Waals surface area contributed by atoms with Crippen LogP contribution in [0.25, 0.3) is 0 Å². The van der Waals surface area contributed by atoms with E-state index in [0.29, 0.717) is 12.5 Å². The number of anilines is 2. The van der Waals surface area contributed by atoms with Crippen LogP contribution >= 0.6 is 0 Å². The van der Waals surface area contributed by atoms with Crippen molar-refractivity contribution in [2.75, 3.05) is 5.32 Å². The third kappa shape index (κ3) is 2.27. The number of aromatic nitrogens is 2. The number of hydrogen-bond donors (Lipinski definition) is 1. The molecule has 90 valence electrons. The molecule has 0 saturated carbocycles. The maximum Gasteiger partial charge on any atom is 0.207 e. The standard InChI is InChI=1S/C12H13F2N3/c1-3-17-5-4-15-12(17)16-11-7-9(13)8(2)6-10(11)14/h4-7H,3H2,1-2H3,(H,15,16). The molecule has 1 aromatic heterocycles. The van der Waals surface area contributed by atoms with Crippen LogP contribution in [0.4, 0.5) is 20.4 Å². The molecule has 0 atom stereocenters. The lowest BCUT2D eigenvalue weighted by Gasteiger charge is -2.09. The first kappa shape index (κ1) is 11.6. The zero-order valence-electron chi connectivity index (χ0n) is 9.67. The number of nitrogens with zero attached hydrogens (tertiary/aromatic N) is 2. The Morgan fingerprint density at radius 1 is 1.29 bits per heavy atom. The summed E-state index contributed by atoms with van der Waals surface area (Å²) in [5.74, 6) is -0.437. The van der Waals surface area contributed by atoms with Gasteiger partial charge < -0.3 is 9.88 Å². The highest BCUT2D eigenvalue weighted by molar-refractivity contribution is 5.55. The highest BCUT2D eigenvalue weighted by Crippen LogP contribution is 2.22. The summed E-state index contributed by atoms with van der Waals surface area (Å²) in [7, 11) is 0. The van der Waals surface area contributed by atoms with Gasteiger partial charge in [-0.05, 0) is 25.5 Å². The summed E-state index contributed by atoms with van der Waals surface area (Å²) in [6.45, 7) is 4.17. The van der Waals surface area contributed by atoms with Gasteiger partial charge in [0.25, 0.3) is 0 Å². The van der Waals surface area contributed by atoms with E-state index in [9.17, 15) is 8.78 Å². The van der Waals surface area contributed by atoms with Crippen LogP contribution in [0.1, 0.15) is 12.5 Å². The zero-order valence-corrected chi connectivity index (χ0v) is 9.67. The Kier molecular flexibility index (Phi) is 3.08. The van der Waals surface area contributed by atoms with Gasteiger partial charge in [0.15, 0.2) is 0 Å². The van der Waals surface area contributed by atoms with Crippen molar-refractivity contribution in [3.05, 3.63) is 41.7 Å². The van der Waals surface area contributed by atoms with Crippen molar-refractivity contribution < 1.29 is 8.78 Å². The molecule has 0 aliphatic heterocycles. The van der Waals surface area contributed by atoms with E-state index in [0.717, 1.165) is 12.1 Å². The minimum Gasteiger partial charge on any atom is -0.323 e. The number of nitrogens with one attached hydrogen (secondary N) is 1. The largest absolute Gasteiger partial charge is 0.323 e. The molecule has 2 aromatic rings. The molecule has 0 unspecified atom stereocenters. The fourth-order valence-electron chi connectivity index (χ4n) is 1.55. The van der Waals surface area contributed by atoms with E-state index in [1.165, 1.54) is 6.92 Å². The molecule has 0 bridgehead atoms. The molecule has 1 N–H and O–H groups in total. The van der Waals surface area contributed by atoms with Crippen LogP contribution < -0.4 is 5.32 Å². The van der Waals surface area contributed by atoms with Gasteiger partial charge in [-0.2, -0.15) is 0 Å². The molecule has 2 rings (SSSR count). The second-order valence-electron chi connectivity index (χ2n) is 3.74. The first-order valence-electron chi connectivity index (χ1n) is 5.35. The summed E-state index contributed by atoms with van der Waals surface area (Å²) in [5, 5.41) is 2.78. The zero-order chi connectivity index (χ0) is 12.4. The molecule has 5 heteroatoms. The molecular weight excluding hydrogens is 224 g/mol.